The Labute approximate surface area is 159 Å². The molecule has 0 heterocycles. The molecule has 0 bridgehead atoms. The first-order valence-corrected chi connectivity index (χ1v) is 9.72. The molecule has 1 aliphatic rings. The van der Waals surface area contributed by atoms with Crippen LogP contribution in [0.3, 0.4) is 0 Å². The predicted octanol–water partition coefficient (Wildman–Crippen LogP) is 4.90. The van der Waals surface area contributed by atoms with Crippen LogP contribution in [0.15, 0.2) is 18.2 Å². The number of halogens is 1. The normalized spacial score (nSPS) is 16.2. The Kier molecular flexibility index (Phi) is 8.30. The van der Waals surface area contributed by atoms with Gasteiger partial charge < -0.3 is 15.5 Å². The van der Waals surface area contributed by atoms with Gasteiger partial charge in [0.2, 0.25) is 0 Å². The van der Waals surface area contributed by atoms with Crippen LogP contribution >= 0.6 is 11.6 Å². The van der Waals surface area contributed by atoms with E-state index in [0.29, 0.717) is 10.7 Å². The summed E-state index contributed by atoms with van der Waals surface area (Å²) in [7, 11) is 0. The minimum Gasteiger partial charge on any atom is -0.426 e. The highest BCUT2D eigenvalue weighted by atomic mass is 35.5. The van der Waals surface area contributed by atoms with Crippen molar-refractivity contribution in [1.82, 2.24) is 0 Å². The van der Waals surface area contributed by atoms with E-state index in [1.54, 1.807) is 0 Å². The molecular weight excluding hydrogens is 332 g/mol. The maximum absolute atomic E-state index is 8.91. The third kappa shape index (κ3) is 7.20. The van der Waals surface area contributed by atoms with Crippen molar-refractivity contribution in [1.29, 1.82) is 0 Å². The minimum atomic E-state index is -0.222. The van der Waals surface area contributed by atoms with Crippen LogP contribution in [-0.4, -0.2) is 23.7 Å². The quantitative estimate of drug-likeness (QED) is 0.590. The Morgan fingerprint density at radius 2 is 1.68 bits per heavy atom. The number of aliphatic hydroxyl groups is 1. The van der Waals surface area contributed by atoms with Crippen LogP contribution in [0, 0.1) is 5.41 Å². The van der Waals surface area contributed by atoms with Crippen molar-refractivity contribution in [2.75, 3.05) is 5.73 Å². The van der Waals surface area contributed by atoms with Gasteiger partial charge in [0.05, 0.1) is 22.4 Å². The van der Waals surface area contributed by atoms with Crippen LogP contribution in [0.4, 0.5) is 5.69 Å². The number of benzene rings is 1. The molecule has 0 atom stereocenters. The van der Waals surface area contributed by atoms with Crippen molar-refractivity contribution >= 4 is 29.7 Å². The van der Waals surface area contributed by atoms with Crippen LogP contribution in [-0.2, 0) is 4.65 Å². The average molecular weight is 368 g/mol. The summed E-state index contributed by atoms with van der Waals surface area (Å²) >= 11 is 6.04. The van der Waals surface area contributed by atoms with Crippen LogP contribution < -0.4 is 11.2 Å². The predicted molar refractivity (Wildman–Crippen MR) is 111 cm³/mol. The average Bonchev–Trinajstić information content (AvgIpc) is 2.50. The number of hydrogen-bond donors (Lipinski definition) is 2. The highest BCUT2D eigenvalue weighted by Gasteiger charge is 2.36. The van der Waals surface area contributed by atoms with Gasteiger partial charge in [0.1, 0.15) is 0 Å². The fraction of sp³-hybridized carbons (Fsp3) is 0.700. The smallest absolute Gasteiger partial charge is 0.324 e. The standard InChI is InChI=1S/C14H23BClNO.C6H12O/c1-13(2,3)14(4,5)18-15(6)10-7-8-12(17)11(16)9-10;7-6-4-2-1-3-5-6/h7-9H,17H2,1-6H3;6-7H,1-5H2. The van der Waals surface area contributed by atoms with Gasteiger partial charge in [0.15, 0.2) is 0 Å². The van der Waals surface area contributed by atoms with Gasteiger partial charge >= 0.3 is 6.92 Å². The Bertz CT molecular complexity index is 537. The molecule has 0 aliphatic heterocycles. The fourth-order valence-corrected chi connectivity index (χ4v) is 2.75. The molecule has 1 saturated carbocycles. The van der Waals surface area contributed by atoms with E-state index < -0.39 is 0 Å². The van der Waals surface area contributed by atoms with E-state index in [4.69, 9.17) is 27.1 Å². The van der Waals surface area contributed by atoms with Crippen LogP contribution in [0.2, 0.25) is 11.8 Å². The molecule has 2 rings (SSSR count). The van der Waals surface area contributed by atoms with Crippen molar-refractivity contribution in [3.63, 3.8) is 0 Å². The largest absolute Gasteiger partial charge is 0.426 e. The van der Waals surface area contributed by atoms with Gasteiger partial charge in [-0.05, 0) is 49.7 Å². The lowest BCUT2D eigenvalue weighted by Gasteiger charge is -2.40. The van der Waals surface area contributed by atoms with Crippen LogP contribution in [0.5, 0.6) is 0 Å². The summed E-state index contributed by atoms with van der Waals surface area (Å²) in [6.45, 7) is 12.8. The van der Waals surface area contributed by atoms with E-state index >= 15 is 0 Å². The lowest BCUT2D eigenvalue weighted by molar-refractivity contribution is 0.000450. The van der Waals surface area contributed by atoms with Gasteiger partial charge in [-0.2, -0.15) is 0 Å². The highest BCUT2D eigenvalue weighted by molar-refractivity contribution is 6.66. The third-order valence-electron chi connectivity index (χ3n) is 5.35. The Morgan fingerprint density at radius 3 is 2.08 bits per heavy atom. The van der Waals surface area contributed by atoms with E-state index in [1.807, 2.05) is 25.0 Å². The lowest BCUT2D eigenvalue weighted by Crippen LogP contribution is -2.46. The molecule has 5 heteroatoms. The van der Waals surface area contributed by atoms with Crippen molar-refractivity contribution in [2.24, 2.45) is 5.41 Å². The SMILES string of the molecule is CB(OC(C)(C)C(C)(C)C)c1ccc(N)c(Cl)c1.OC1CCCCC1. The van der Waals surface area contributed by atoms with E-state index in [0.717, 1.165) is 18.3 Å². The molecule has 0 aromatic heterocycles. The molecule has 1 aromatic carbocycles. The van der Waals surface area contributed by atoms with Gasteiger partial charge in [-0.25, -0.2) is 0 Å². The number of hydrogen-bond acceptors (Lipinski definition) is 3. The van der Waals surface area contributed by atoms with Crippen LogP contribution in [0.1, 0.15) is 66.7 Å². The summed E-state index contributed by atoms with van der Waals surface area (Å²) in [4.78, 5) is 0. The van der Waals surface area contributed by atoms with Crippen molar-refractivity contribution in [3.8, 4) is 0 Å². The second kappa shape index (κ2) is 9.29. The first-order valence-electron chi connectivity index (χ1n) is 9.35. The maximum atomic E-state index is 8.91. The molecule has 25 heavy (non-hydrogen) atoms. The zero-order valence-corrected chi connectivity index (χ0v) is 17.5. The summed E-state index contributed by atoms with van der Waals surface area (Å²) < 4.78 is 6.18. The molecule has 0 radical (unpaired) electrons. The third-order valence-corrected chi connectivity index (χ3v) is 5.67. The summed E-state index contributed by atoms with van der Waals surface area (Å²) in [6, 6.07) is 5.66. The van der Waals surface area contributed by atoms with E-state index in [9.17, 15) is 0 Å². The summed E-state index contributed by atoms with van der Waals surface area (Å²) in [5, 5.41) is 9.49. The van der Waals surface area contributed by atoms with Gasteiger partial charge in [-0.3, -0.25) is 0 Å². The zero-order chi connectivity index (χ0) is 19.3. The Hall–Kier alpha value is -0.705. The molecular formula is C20H35BClNO2. The molecule has 3 N–H and O–H groups in total. The number of aliphatic hydroxyl groups excluding tert-OH is 1. The van der Waals surface area contributed by atoms with Gasteiger partial charge in [-0.15, -0.1) is 0 Å². The second-order valence-electron chi connectivity index (χ2n) is 8.59. The van der Waals surface area contributed by atoms with Crippen molar-refractivity contribution < 1.29 is 9.76 Å². The van der Waals surface area contributed by atoms with Gasteiger partial charge in [0.25, 0.3) is 0 Å². The minimum absolute atomic E-state index is 0.0164. The number of nitrogen functional groups attached to an aromatic ring is 1. The van der Waals surface area contributed by atoms with Crippen LogP contribution in [0.25, 0.3) is 0 Å². The molecule has 0 amide bonds. The van der Waals surface area contributed by atoms with E-state index in [1.165, 1.54) is 19.3 Å². The summed E-state index contributed by atoms with van der Waals surface area (Å²) in [5.41, 5.74) is 7.21. The number of nitrogens with two attached hydrogens (primary N) is 1. The van der Waals surface area contributed by atoms with Crippen molar-refractivity contribution in [3.05, 3.63) is 23.2 Å². The molecule has 1 aliphatic carbocycles. The van der Waals surface area contributed by atoms with Gasteiger partial charge in [-0.1, -0.05) is 64.5 Å². The lowest BCUT2D eigenvalue weighted by atomic mass is 9.62. The fourth-order valence-electron chi connectivity index (χ4n) is 2.56. The van der Waals surface area contributed by atoms with E-state index in [-0.39, 0.29) is 24.0 Å². The molecule has 1 aromatic rings. The number of anilines is 1. The monoisotopic (exact) mass is 367 g/mol. The molecule has 0 spiro atoms. The molecule has 3 nitrogen and oxygen atoms in total. The Balaban J connectivity index is 0.000000370. The molecule has 1 fully saturated rings. The zero-order valence-electron chi connectivity index (χ0n) is 16.7. The first kappa shape index (κ1) is 22.3. The van der Waals surface area contributed by atoms with Gasteiger partial charge in [0, 0.05) is 0 Å². The molecule has 0 saturated heterocycles. The summed E-state index contributed by atoms with van der Waals surface area (Å²) in [5.74, 6) is 0. The van der Waals surface area contributed by atoms with Crippen molar-refractivity contribution in [2.45, 2.75) is 85.3 Å². The Morgan fingerprint density at radius 1 is 1.12 bits per heavy atom. The highest BCUT2D eigenvalue weighted by Crippen LogP contribution is 2.33. The van der Waals surface area contributed by atoms with E-state index in [2.05, 4.69) is 34.6 Å². The molecule has 142 valence electrons. The first-order chi connectivity index (χ1) is 11.4. The second-order valence-corrected chi connectivity index (χ2v) is 9.00. The maximum Gasteiger partial charge on any atom is 0.324 e. The summed E-state index contributed by atoms with van der Waals surface area (Å²) in [6.07, 6.45) is 5.92. The molecule has 0 unspecified atom stereocenters. The topological polar surface area (TPSA) is 55.5 Å². The number of rotatable bonds is 3.